The highest BCUT2D eigenvalue weighted by Crippen LogP contribution is 2.23. The van der Waals surface area contributed by atoms with Crippen LogP contribution >= 0.6 is 15.9 Å². The van der Waals surface area contributed by atoms with Crippen LogP contribution in [0.2, 0.25) is 0 Å². The van der Waals surface area contributed by atoms with Crippen LogP contribution in [0.15, 0.2) is 34.8 Å². The number of pyridine rings is 1. The zero-order valence-corrected chi connectivity index (χ0v) is 13.4. The first-order chi connectivity index (χ1) is 10.0. The number of amides is 1. The minimum Gasteiger partial charge on any atom is -0.492 e. The van der Waals surface area contributed by atoms with Crippen LogP contribution in [0, 0.1) is 6.92 Å². The molecule has 0 atom stereocenters. The second-order valence-corrected chi connectivity index (χ2v) is 5.26. The van der Waals surface area contributed by atoms with Gasteiger partial charge in [0.15, 0.2) is 0 Å². The number of hydrogen-bond donors (Lipinski definition) is 2. The number of nitrogens with two attached hydrogens (primary N) is 1. The first kappa shape index (κ1) is 15.3. The third-order valence-electron chi connectivity index (χ3n) is 2.83. The molecule has 0 aliphatic rings. The quantitative estimate of drug-likeness (QED) is 0.829. The topological polar surface area (TPSA) is 77.2 Å². The summed E-state index contributed by atoms with van der Waals surface area (Å²) < 4.78 is 6.24. The highest BCUT2D eigenvalue weighted by molar-refractivity contribution is 9.10. The van der Waals surface area contributed by atoms with E-state index in [9.17, 15) is 4.79 Å². The Morgan fingerprint density at radius 1 is 1.38 bits per heavy atom. The molecule has 0 spiro atoms. The van der Waals surface area contributed by atoms with Gasteiger partial charge in [0.05, 0.1) is 18.0 Å². The number of ether oxygens (including phenoxy) is 1. The third kappa shape index (κ3) is 3.72. The predicted molar refractivity (Wildman–Crippen MR) is 86.7 cm³/mol. The molecule has 1 heterocycles. The second-order valence-electron chi connectivity index (χ2n) is 4.40. The van der Waals surface area contributed by atoms with E-state index in [1.54, 1.807) is 24.3 Å². The molecule has 0 saturated carbocycles. The number of carbonyl (C=O) groups is 1. The number of aryl methyl sites for hydroxylation is 1. The van der Waals surface area contributed by atoms with Crippen molar-refractivity contribution in [3.05, 3.63) is 46.1 Å². The summed E-state index contributed by atoms with van der Waals surface area (Å²) in [5, 5.41) is 2.74. The zero-order valence-electron chi connectivity index (χ0n) is 11.8. The van der Waals surface area contributed by atoms with Gasteiger partial charge >= 0.3 is 0 Å². The van der Waals surface area contributed by atoms with Crippen molar-refractivity contribution in [2.45, 2.75) is 13.8 Å². The molecule has 110 valence electrons. The summed E-state index contributed by atoms with van der Waals surface area (Å²) in [5.41, 5.74) is 7.55. The molecule has 0 unspecified atom stereocenters. The van der Waals surface area contributed by atoms with Gasteiger partial charge in [-0.2, -0.15) is 0 Å². The maximum Gasteiger partial charge on any atom is 0.256 e. The van der Waals surface area contributed by atoms with E-state index in [0.717, 1.165) is 10.2 Å². The number of rotatable bonds is 4. The molecule has 2 rings (SSSR count). The van der Waals surface area contributed by atoms with E-state index in [-0.39, 0.29) is 5.91 Å². The van der Waals surface area contributed by atoms with Gasteiger partial charge in [-0.15, -0.1) is 0 Å². The molecule has 3 N–H and O–H groups in total. The van der Waals surface area contributed by atoms with Crippen LogP contribution in [0.1, 0.15) is 23.0 Å². The van der Waals surface area contributed by atoms with Crippen molar-refractivity contribution >= 4 is 33.3 Å². The molecule has 0 aliphatic heterocycles. The fourth-order valence-corrected chi connectivity index (χ4v) is 2.00. The monoisotopic (exact) mass is 349 g/mol. The summed E-state index contributed by atoms with van der Waals surface area (Å²) in [6.45, 7) is 4.26. The Bertz CT molecular complexity index is 674. The lowest BCUT2D eigenvalue weighted by molar-refractivity contribution is 0.102. The molecule has 5 nitrogen and oxygen atoms in total. The highest BCUT2D eigenvalue weighted by Gasteiger charge is 2.10. The molecular formula is C15H16BrN3O2. The summed E-state index contributed by atoms with van der Waals surface area (Å²) >= 11 is 3.37. The summed E-state index contributed by atoms with van der Waals surface area (Å²) in [6, 6.07) is 8.51. The number of hydrogen-bond acceptors (Lipinski definition) is 4. The molecule has 1 amide bonds. The molecular weight excluding hydrogens is 334 g/mol. The van der Waals surface area contributed by atoms with Crippen LogP contribution in [0.3, 0.4) is 0 Å². The molecule has 21 heavy (non-hydrogen) atoms. The van der Waals surface area contributed by atoms with Crippen LogP contribution in [-0.4, -0.2) is 17.5 Å². The SMILES string of the molecule is CCOc1ccc(C(=O)Nc2ccc(Br)c(C)n2)cc1N. The van der Waals surface area contributed by atoms with Crippen molar-refractivity contribution in [2.24, 2.45) is 0 Å². The number of nitrogens with zero attached hydrogens (tertiary/aromatic N) is 1. The van der Waals surface area contributed by atoms with E-state index < -0.39 is 0 Å². The van der Waals surface area contributed by atoms with Crippen LogP contribution in [0.4, 0.5) is 11.5 Å². The molecule has 2 aromatic rings. The van der Waals surface area contributed by atoms with Crippen LogP contribution in [-0.2, 0) is 0 Å². The standard InChI is InChI=1S/C15H16BrN3O2/c1-3-21-13-6-4-10(8-12(13)17)15(20)19-14-7-5-11(16)9(2)18-14/h4-8H,3,17H2,1-2H3,(H,18,19,20). The molecule has 0 bridgehead atoms. The van der Waals surface area contributed by atoms with E-state index >= 15 is 0 Å². The third-order valence-corrected chi connectivity index (χ3v) is 3.67. The largest absolute Gasteiger partial charge is 0.492 e. The van der Waals surface area contributed by atoms with E-state index in [2.05, 4.69) is 26.2 Å². The Kier molecular flexibility index (Phi) is 4.80. The van der Waals surface area contributed by atoms with E-state index in [1.807, 2.05) is 19.9 Å². The van der Waals surface area contributed by atoms with Crippen molar-refractivity contribution in [1.82, 2.24) is 4.98 Å². The van der Waals surface area contributed by atoms with E-state index in [0.29, 0.717) is 29.4 Å². The van der Waals surface area contributed by atoms with E-state index in [1.165, 1.54) is 0 Å². The summed E-state index contributed by atoms with van der Waals surface area (Å²) in [4.78, 5) is 16.4. The lowest BCUT2D eigenvalue weighted by Crippen LogP contribution is -2.13. The maximum absolute atomic E-state index is 12.2. The Morgan fingerprint density at radius 2 is 2.14 bits per heavy atom. The van der Waals surface area contributed by atoms with Gasteiger partial charge in [-0.05, 0) is 60.1 Å². The number of carbonyl (C=O) groups excluding carboxylic acids is 1. The van der Waals surface area contributed by atoms with Gasteiger partial charge in [0, 0.05) is 10.0 Å². The Balaban J connectivity index is 2.16. The molecule has 0 saturated heterocycles. The lowest BCUT2D eigenvalue weighted by atomic mass is 10.1. The average Bonchev–Trinajstić information content (AvgIpc) is 2.45. The number of nitrogens with one attached hydrogen (secondary N) is 1. The average molecular weight is 350 g/mol. The normalized spacial score (nSPS) is 10.2. The van der Waals surface area contributed by atoms with Crippen LogP contribution < -0.4 is 15.8 Å². The van der Waals surface area contributed by atoms with Crippen molar-refractivity contribution in [1.29, 1.82) is 0 Å². The number of halogens is 1. The highest BCUT2D eigenvalue weighted by atomic mass is 79.9. The van der Waals surface area contributed by atoms with Gasteiger partial charge < -0.3 is 15.8 Å². The smallest absolute Gasteiger partial charge is 0.256 e. The van der Waals surface area contributed by atoms with Gasteiger partial charge in [0.1, 0.15) is 11.6 Å². The Morgan fingerprint density at radius 3 is 2.76 bits per heavy atom. The van der Waals surface area contributed by atoms with Crippen molar-refractivity contribution in [3.63, 3.8) is 0 Å². The summed E-state index contributed by atoms with van der Waals surface area (Å²) in [6.07, 6.45) is 0. The molecule has 0 fully saturated rings. The number of aromatic nitrogens is 1. The molecule has 1 aromatic carbocycles. The number of nitrogen functional groups attached to an aromatic ring is 1. The molecule has 6 heteroatoms. The van der Waals surface area contributed by atoms with Crippen LogP contribution in [0.5, 0.6) is 5.75 Å². The Labute approximate surface area is 131 Å². The van der Waals surface area contributed by atoms with Gasteiger partial charge in [0.25, 0.3) is 5.91 Å². The summed E-state index contributed by atoms with van der Waals surface area (Å²) in [7, 11) is 0. The van der Waals surface area contributed by atoms with Gasteiger partial charge in [-0.3, -0.25) is 4.79 Å². The lowest BCUT2D eigenvalue weighted by Gasteiger charge is -2.09. The van der Waals surface area contributed by atoms with Crippen LogP contribution in [0.25, 0.3) is 0 Å². The molecule has 0 aliphatic carbocycles. The summed E-state index contributed by atoms with van der Waals surface area (Å²) in [5.74, 6) is 0.804. The minimum atomic E-state index is -0.265. The Hall–Kier alpha value is -2.08. The van der Waals surface area contributed by atoms with Crippen molar-refractivity contribution in [2.75, 3.05) is 17.7 Å². The van der Waals surface area contributed by atoms with Crippen molar-refractivity contribution in [3.8, 4) is 5.75 Å². The fraction of sp³-hybridized carbons (Fsp3) is 0.200. The molecule has 0 radical (unpaired) electrons. The van der Waals surface area contributed by atoms with Crippen molar-refractivity contribution < 1.29 is 9.53 Å². The fourth-order valence-electron chi connectivity index (χ4n) is 1.78. The first-order valence-corrected chi connectivity index (χ1v) is 7.27. The van der Waals surface area contributed by atoms with Gasteiger partial charge in [0.2, 0.25) is 0 Å². The van der Waals surface area contributed by atoms with E-state index in [4.69, 9.17) is 10.5 Å². The number of anilines is 2. The molecule has 1 aromatic heterocycles. The first-order valence-electron chi connectivity index (χ1n) is 6.48. The minimum absolute atomic E-state index is 0.265. The van der Waals surface area contributed by atoms with Gasteiger partial charge in [-0.1, -0.05) is 0 Å². The zero-order chi connectivity index (χ0) is 15.4. The van der Waals surface area contributed by atoms with Gasteiger partial charge in [-0.25, -0.2) is 4.98 Å². The maximum atomic E-state index is 12.2. The second kappa shape index (κ2) is 6.58. The number of benzene rings is 1. The predicted octanol–water partition coefficient (Wildman–Crippen LogP) is 3.39.